The molecule has 1 fully saturated rings. The summed E-state index contributed by atoms with van der Waals surface area (Å²) < 4.78 is 10.3. The Morgan fingerprint density at radius 2 is 1.86 bits per heavy atom. The predicted molar refractivity (Wildman–Crippen MR) is 85.8 cm³/mol. The molecule has 0 aliphatic carbocycles. The van der Waals surface area contributed by atoms with Gasteiger partial charge < -0.3 is 20.1 Å². The summed E-state index contributed by atoms with van der Waals surface area (Å²) in [6.45, 7) is 8.64. The minimum absolute atomic E-state index is 0.365. The first-order valence-electron chi connectivity index (χ1n) is 7.78. The molecule has 0 spiro atoms. The first-order valence-corrected chi connectivity index (χ1v) is 7.78. The standard InChI is InChI=1S/C17H26N2O3/c1-17(2,3)22-16(20)18-9-8-13-4-6-14(7-5-13)10-19-15-11-21-12-15/h4-7,15,19H,8-12H2,1-3H3,(H,18,20). The van der Waals surface area contributed by atoms with Gasteiger partial charge in [-0.25, -0.2) is 4.79 Å². The number of rotatable bonds is 6. The van der Waals surface area contributed by atoms with Crippen molar-refractivity contribution in [3.05, 3.63) is 35.4 Å². The zero-order chi connectivity index (χ0) is 16.0. The van der Waals surface area contributed by atoms with Gasteiger partial charge in [-0.15, -0.1) is 0 Å². The van der Waals surface area contributed by atoms with Crippen LogP contribution in [0.25, 0.3) is 0 Å². The second-order valence-electron chi connectivity index (χ2n) is 6.61. The number of hydrogen-bond donors (Lipinski definition) is 2. The smallest absolute Gasteiger partial charge is 0.407 e. The van der Waals surface area contributed by atoms with Gasteiger partial charge in [0.2, 0.25) is 0 Å². The molecular formula is C17H26N2O3. The van der Waals surface area contributed by atoms with Crippen LogP contribution in [0.2, 0.25) is 0 Å². The topological polar surface area (TPSA) is 59.6 Å². The first kappa shape index (κ1) is 16.8. The van der Waals surface area contributed by atoms with Crippen molar-refractivity contribution in [2.75, 3.05) is 19.8 Å². The van der Waals surface area contributed by atoms with Crippen molar-refractivity contribution in [1.29, 1.82) is 0 Å². The highest BCUT2D eigenvalue weighted by atomic mass is 16.6. The van der Waals surface area contributed by atoms with Gasteiger partial charge in [0.25, 0.3) is 0 Å². The number of carbonyl (C=O) groups excluding carboxylic acids is 1. The molecule has 122 valence electrons. The number of hydrogen-bond acceptors (Lipinski definition) is 4. The van der Waals surface area contributed by atoms with E-state index in [-0.39, 0.29) is 6.09 Å². The highest BCUT2D eigenvalue weighted by Gasteiger charge is 2.17. The maximum Gasteiger partial charge on any atom is 0.407 e. The van der Waals surface area contributed by atoms with Crippen molar-refractivity contribution in [1.82, 2.24) is 10.6 Å². The van der Waals surface area contributed by atoms with Gasteiger partial charge >= 0.3 is 6.09 Å². The Bertz CT molecular complexity index is 476. The van der Waals surface area contributed by atoms with Gasteiger partial charge in [0.15, 0.2) is 0 Å². The Hall–Kier alpha value is -1.59. The number of ether oxygens (including phenoxy) is 2. The van der Waals surface area contributed by atoms with Crippen molar-refractivity contribution in [3.8, 4) is 0 Å². The summed E-state index contributed by atoms with van der Waals surface area (Å²) in [6, 6.07) is 8.94. The van der Waals surface area contributed by atoms with E-state index in [9.17, 15) is 4.79 Å². The van der Waals surface area contributed by atoms with Crippen LogP contribution in [0.15, 0.2) is 24.3 Å². The van der Waals surface area contributed by atoms with Gasteiger partial charge in [-0.05, 0) is 38.3 Å². The average Bonchev–Trinajstić information content (AvgIpc) is 2.36. The number of nitrogens with one attached hydrogen (secondary N) is 2. The van der Waals surface area contributed by atoms with Crippen LogP contribution in [-0.2, 0) is 22.4 Å². The quantitative estimate of drug-likeness (QED) is 0.846. The third-order valence-electron chi connectivity index (χ3n) is 3.34. The van der Waals surface area contributed by atoms with Gasteiger partial charge in [0, 0.05) is 13.1 Å². The van der Waals surface area contributed by atoms with E-state index in [2.05, 4.69) is 34.9 Å². The molecule has 2 N–H and O–H groups in total. The van der Waals surface area contributed by atoms with Crippen molar-refractivity contribution in [3.63, 3.8) is 0 Å². The molecule has 0 atom stereocenters. The van der Waals surface area contributed by atoms with Crippen LogP contribution in [0, 0.1) is 0 Å². The molecule has 0 radical (unpaired) electrons. The van der Waals surface area contributed by atoms with E-state index in [1.54, 1.807) is 0 Å². The number of carbonyl (C=O) groups is 1. The van der Waals surface area contributed by atoms with Crippen LogP contribution >= 0.6 is 0 Å². The zero-order valence-corrected chi connectivity index (χ0v) is 13.6. The molecule has 0 bridgehead atoms. The normalized spacial score (nSPS) is 15.2. The third kappa shape index (κ3) is 6.03. The summed E-state index contributed by atoms with van der Waals surface area (Å²) in [5.74, 6) is 0. The van der Waals surface area contributed by atoms with E-state index < -0.39 is 5.60 Å². The fourth-order valence-electron chi connectivity index (χ4n) is 2.06. The Kier molecular flexibility index (Phi) is 5.80. The molecule has 22 heavy (non-hydrogen) atoms. The third-order valence-corrected chi connectivity index (χ3v) is 3.34. The molecule has 0 aromatic heterocycles. The minimum Gasteiger partial charge on any atom is -0.444 e. The maximum atomic E-state index is 11.5. The molecule has 1 heterocycles. The second-order valence-corrected chi connectivity index (χ2v) is 6.61. The Balaban J connectivity index is 1.66. The highest BCUT2D eigenvalue weighted by Crippen LogP contribution is 2.08. The maximum absolute atomic E-state index is 11.5. The van der Waals surface area contributed by atoms with Gasteiger partial charge in [-0.2, -0.15) is 0 Å². The fraction of sp³-hybridized carbons (Fsp3) is 0.588. The van der Waals surface area contributed by atoms with Crippen molar-refractivity contribution in [2.24, 2.45) is 0 Å². The SMILES string of the molecule is CC(C)(C)OC(=O)NCCc1ccc(CNC2COC2)cc1. The predicted octanol–water partition coefficient (Wildman–Crippen LogP) is 2.24. The molecule has 1 aliphatic rings. The molecule has 0 saturated carbocycles. The number of benzene rings is 1. The lowest BCUT2D eigenvalue weighted by molar-refractivity contribution is -0.00578. The van der Waals surface area contributed by atoms with Crippen molar-refractivity contribution >= 4 is 6.09 Å². The van der Waals surface area contributed by atoms with Gasteiger partial charge in [-0.1, -0.05) is 24.3 Å². The molecule has 5 nitrogen and oxygen atoms in total. The second kappa shape index (κ2) is 7.61. The van der Waals surface area contributed by atoms with Crippen LogP contribution in [0.4, 0.5) is 4.79 Å². The summed E-state index contributed by atoms with van der Waals surface area (Å²) in [5, 5.41) is 6.21. The molecule has 0 unspecified atom stereocenters. The van der Waals surface area contributed by atoms with E-state index >= 15 is 0 Å². The van der Waals surface area contributed by atoms with Crippen molar-refractivity contribution in [2.45, 2.75) is 45.4 Å². The largest absolute Gasteiger partial charge is 0.444 e. The zero-order valence-electron chi connectivity index (χ0n) is 13.6. The van der Waals surface area contributed by atoms with Gasteiger partial charge in [-0.3, -0.25) is 0 Å². The molecule has 1 amide bonds. The molecule has 1 aromatic rings. The molecular weight excluding hydrogens is 280 g/mol. The van der Waals surface area contributed by atoms with Gasteiger partial charge in [0.1, 0.15) is 5.60 Å². The van der Waals surface area contributed by atoms with E-state index in [1.165, 1.54) is 11.1 Å². The first-order chi connectivity index (χ1) is 10.4. The lowest BCUT2D eigenvalue weighted by Crippen LogP contribution is -2.45. The molecule has 5 heteroatoms. The summed E-state index contributed by atoms with van der Waals surface area (Å²) in [6.07, 6.45) is 0.430. The fourth-order valence-corrected chi connectivity index (χ4v) is 2.06. The lowest BCUT2D eigenvalue weighted by atomic mass is 10.1. The highest BCUT2D eigenvalue weighted by molar-refractivity contribution is 5.67. The van der Waals surface area contributed by atoms with E-state index in [0.29, 0.717) is 12.6 Å². The Labute approximate surface area is 132 Å². The van der Waals surface area contributed by atoms with Crippen LogP contribution in [0.1, 0.15) is 31.9 Å². The van der Waals surface area contributed by atoms with Gasteiger partial charge in [0.05, 0.1) is 19.3 Å². The number of amides is 1. The monoisotopic (exact) mass is 306 g/mol. The van der Waals surface area contributed by atoms with E-state index in [4.69, 9.17) is 9.47 Å². The molecule has 1 saturated heterocycles. The molecule has 2 rings (SSSR count). The van der Waals surface area contributed by atoms with Crippen molar-refractivity contribution < 1.29 is 14.3 Å². The lowest BCUT2D eigenvalue weighted by Gasteiger charge is -2.27. The van der Waals surface area contributed by atoms with Crippen LogP contribution in [-0.4, -0.2) is 37.5 Å². The Morgan fingerprint density at radius 3 is 2.41 bits per heavy atom. The molecule has 1 aromatic carbocycles. The average molecular weight is 306 g/mol. The minimum atomic E-state index is -0.454. The summed E-state index contributed by atoms with van der Waals surface area (Å²) >= 11 is 0. The van der Waals surface area contributed by atoms with Crippen LogP contribution in [0.3, 0.4) is 0 Å². The van der Waals surface area contributed by atoms with Crippen LogP contribution in [0.5, 0.6) is 0 Å². The summed E-state index contributed by atoms with van der Waals surface area (Å²) in [5.41, 5.74) is 2.01. The Morgan fingerprint density at radius 1 is 1.23 bits per heavy atom. The van der Waals surface area contributed by atoms with E-state index in [1.807, 2.05) is 20.8 Å². The summed E-state index contributed by atoms with van der Waals surface area (Å²) in [7, 11) is 0. The molecule has 1 aliphatic heterocycles. The van der Waals surface area contributed by atoms with E-state index in [0.717, 1.165) is 26.2 Å². The number of alkyl carbamates (subject to hydrolysis) is 1. The van der Waals surface area contributed by atoms with Crippen LogP contribution < -0.4 is 10.6 Å². The summed E-state index contributed by atoms with van der Waals surface area (Å²) in [4.78, 5) is 11.5.